The minimum absolute atomic E-state index is 0.0748. The SMILES string of the molecule is CCOC(=O)C(Sc1sc(SC(C(=O)OCC)C(=O)OCC)c(-c2ccccc2)c(=S)c1-c1ccccc1)C(=O)OCC. The van der Waals surface area contributed by atoms with E-state index in [-0.39, 0.29) is 26.4 Å². The number of ether oxygens (including phenoxy) is 4. The lowest BCUT2D eigenvalue weighted by molar-refractivity contribution is -0.154. The highest BCUT2D eigenvalue weighted by atomic mass is 32.2. The first-order valence-corrected chi connectivity index (χ1v) is 16.6. The highest BCUT2D eigenvalue weighted by Gasteiger charge is 2.36. The van der Waals surface area contributed by atoms with E-state index in [2.05, 4.69) is 0 Å². The Hall–Kier alpha value is -3.19. The third kappa shape index (κ3) is 8.91. The van der Waals surface area contributed by atoms with Gasteiger partial charge in [-0.2, -0.15) is 0 Å². The van der Waals surface area contributed by atoms with E-state index in [1.54, 1.807) is 27.7 Å². The first kappa shape index (κ1) is 34.3. The number of carbonyl (C=O) groups excluding carboxylic acids is 4. The number of rotatable bonds is 14. The maximum absolute atomic E-state index is 13.0. The summed E-state index contributed by atoms with van der Waals surface area (Å²) in [7, 11) is 0. The average Bonchev–Trinajstić information content (AvgIpc) is 2.99. The van der Waals surface area contributed by atoms with E-state index in [1.165, 1.54) is 11.3 Å². The molecule has 0 unspecified atom stereocenters. The third-order valence-corrected chi connectivity index (χ3v) is 9.97. The lowest BCUT2D eigenvalue weighted by Crippen LogP contribution is -2.31. The fourth-order valence-electron chi connectivity index (χ4n) is 3.84. The van der Waals surface area contributed by atoms with Crippen molar-refractivity contribution in [2.75, 3.05) is 26.4 Å². The van der Waals surface area contributed by atoms with E-state index in [9.17, 15) is 19.2 Å². The van der Waals surface area contributed by atoms with Gasteiger partial charge in [0.2, 0.25) is 10.5 Å². The summed E-state index contributed by atoms with van der Waals surface area (Å²) in [6.45, 7) is 6.90. The Labute approximate surface area is 268 Å². The van der Waals surface area contributed by atoms with Crippen LogP contribution in [0.5, 0.6) is 0 Å². The molecule has 12 heteroatoms. The standard InChI is InChI=1S/C31H32O8S4/c1-5-36-26(32)24(27(33)37-6-2)41-30-21(19-15-11-9-12-16-19)23(40)22(20-17-13-10-14-18-20)31(43-30)42-25(28(34)38-7-3)29(35)39-8-4/h9-18,24-25H,5-8H2,1-4H3. The van der Waals surface area contributed by atoms with Gasteiger partial charge in [-0.15, -0.1) is 11.3 Å². The summed E-state index contributed by atoms with van der Waals surface area (Å²) in [5.41, 5.74) is 2.77. The van der Waals surface area contributed by atoms with Crippen LogP contribution in [0.3, 0.4) is 0 Å². The Morgan fingerprint density at radius 3 is 1.19 bits per heavy atom. The number of esters is 4. The summed E-state index contributed by atoms with van der Waals surface area (Å²) >= 11 is 9.25. The van der Waals surface area contributed by atoms with Crippen molar-refractivity contribution in [3.05, 3.63) is 65.2 Å². The van der Waals surface area contributed by atoms with Gasteiger partial charge in [0.25, 0.3) is 0 Å². The summed E-state index contributed by atoms with van der Waals surface area (Å²) in [5, 5.41) is -2.67. The molecule has 43 heavy (non-hydrogen) atoms. The summed E-state index contributed by atoms with van der Waals surface area (Å²) in [6, 6.07) is 18.7. The largest absolute Gasteiger partial charge is 0.465 e. The number of hydrogen-bond donors (Lipinski definition) is 0. The monoisotopic (exact) mass is 660 g/mol. The molecule has 3 aromatic rings. The molecule has 2 aromatic carbocycles. The summed E-state index contributed by atoms with van der Waals surface area (Å²) in [5.74, 6) is -3.00. The smallest absolute Gasteiger partial charge is 0.331 e. The molecule has 0 N–H and O–H groups in total. The number of carbonyl (C=O) groups is 4. The van der Waals surface area contributed by atoms with Crippen molar-refractivity contribution in [1.82, 2.24) is 0 Å². The van der Waals surface area contributed by atoms with E-state index in [4.69, 9.17) is 31.2 Å². The molecule has 1 heterocycles. The zero-order valence-electron chi connectivity index (χ0n) is 24.2. The first-order chi connectivity index (χ1) is 20.8. The molecule has 0 radical (unpaired) electrons. The quantitative estimate of drug-likeness (QED) is 0.0588. The van der Waals surface area contributed by atoms with Gasteiger partial charge >= 0.3 is 23.9 Å². The minimum Gasteiger partial charge on any atom is -0.465 e. The molecule has 0 saturated heterocycles. The number of thioether (sulfide) groups is 2. The summed E-state index contributed by atoms with van der Waals surface area (Å²) in [4.78, 5) is 51.9. The molecule has 0 bridgehead atoms. The van der Waals surface area contributed by atoms with Crippen LogP contribution >= 0.6 is 47.1 Å². The minimum atomic E-state index is -1.33. The van der Waals surface area contributed by atoms with Gasteiger partial charge in [-0.1, -0.05) is 96.4 Å². The molecule has 0 aliphatic heterocycles. The molecule has 0 aliphatic rings. The van der Waals surface area contributed by atoms with Gasteiger partial charge in [-0.3, -0.25) is 19.2 Å². The van der Waals surface area contributed by atoms with E-state index >= 15 is 0 Å². The van der Waals surface area contributed by atoms with Crippen molar-refractivity contribution < 1.29 is 38.1 Å². The first-order valence-electron chi connectivity index (χ1n) is 13.6. The predicted molar refractivity (Wildman–Crippen MR) is 172 cm³/mol. The van der Waals surface area contributed by atoms with E-state index in [0.29, 0.717) is 24.1 Å². The topological polar surface area (TPSA) is 105 Å². The average molecular weight is 661 g/mol. The second-order valence-corrected chi connectivity index (χ2v) is 12.7. The van der Waals surface area contributed by atoms with Crippen molar-refractivity contribution >= 4 is 71.0 Å². The second kappa shape index (κ2) is 17.2. The zero-order chi connectivity index (χ0) is 31.4. The molecule has 8 nitrogen and oxygen atoms in total. The highest BCUT2D eigenvalue weighted by molar-refractivity contribution is 8.05. The van der Waals surface area contributed by atoms with Crippen molar-refractivity contribution in [2.45, 2.75) is 46.6 Å². The van der Waals surface area contributed by atoms with Gasteiger partial charge in [0, 0.05) is 11.1 Å². The van der Waals surface area contributed by atoms with Gasteiger partial charge in [-0.25, -0.2) is 0 Å². The van der Waals surface area contributed by atoms with Crippen LogP contribution in [-0.2, 0) is 38.1 Å². The zero-order valence-corrected chi connectivity index (χ0v) is 27.4. The third-order valence-electron chi connectivity index (χ3n) is 5.63. The maximum atomic E-state index is 13.0. The predicted octanol–water partition coefficient (Wildman–Crippen LogP) is 6.99. The van der Waals surface area contributed by atoms with E-state index < -0.39 is 34.4 Å². The van der Waals surface area contributed by atoms with Crippen LogP contribution < -0.4 is 0 Å². The van der Waals surface area contributed by atoms with Crippen molar-refractivity contribution in [3.63, 3.8) is 0 Å². The van der Waals surface area contributed by atoms with Gasteiger partial charge in [0.15, 0.2) is 0 Å². The molecular weight excluding hydrogens is 629 g/mol. The van der Waals surface area contributed by atoms with Crippen LogP contribution in [0.4, 0.5) is 0 Å². The Balaban J connectivity index is 2.34. The number of hydrogen-bond acceptors (Lipinski definition) is 12. The lowest BCUT2D eigenvalue weighted by Gasteiger charge is -2.21. The van der Waals surface area contributed by atoms with Gasteiger partial charge < -0.3 is 18.9 Å². The maximum Gasteiger partial charge on any atom is 0.331 e. The normalized spacial score (nSPS) is 10.8. The lowest BCUT2D eigenvalue weighted by atomic mass is 10.0. The summed E-state index contributed by atoms with van der Waals surface area (Å²) < 4.78 is 22.3. The van der Waals surface area contributed by atoms with Crippen LogP contribution in [-0.4, -0.2) is 60.8 Å². The molecule has 0 spiro atoms. The second-order valence-electron chi connectivity index (χ2n) is 8.49. The van der Waals surface area contributed by atoms with Crippen molar-refractivity contribution in [1.29, 1.82) is 0 Å². The van der Waals surface area contributed by atoms with Crippen molar-refractivity contribution in [3.8, 4) is 22.3 Å². The number of benzene rings is 2. The molecule has 1 aromatic heterocycles. The van der Waals surface area contributed by atoms with Gasteiger partial charge in [0.05, 0.1) is 39.4 Å². The van der Waals surface area contributed by atoms with Crippen LogP contribution in [0.1, 0.15) is 27.7 Å². The highest BCUT2D eigenvalue weighted by Crippen LogP contribution is 2.48. The molecule has 0 fully saturated rings. The Kier molecular flexibility index (Phi) is 13.7. The van der Waals surface area contributed by atoms with Gasteiger partial charge in [0.1, 0.15) is 0 Å². The Morgan fingerprint density at radius 2 is 0.907 bits per heavy atom. The van der Waals surface area contributed by atoms with Crippen LogP contribution in [0, 0.1) is 4.51 Å². The molecule has 0 atom stereocenters. The molecule has 0 aliphatic carbocycles. The Morgan fingerprint density at radius 1 is 0.605 bits per heavy atom. The van der Waals surface area contributed by atoms with Crippen LogP contribution in [0.25, 0.3) is 22.3 Å². The molecule has 0 amide bonds. The fourth-order valence-corrected chi connectivity index (χ4v) is 8.73. The fraction of sp³-hybridized carbons (Fsp3) is 0.323. The van der Waals surface area contributed by atoms with E-state index in [0.717, 1.165) is 34.7 Å². The molecule has 0 saturated carbocycles. The molecular formula is C31H32O8S4. The molecule has 3 rings (SSSR count). The van der Waals surface area contributed by atoms with Crippen LogP contribution in [0.15, 0.2) is 69.1 Å². The van der Waals surface area contributed by atoms with E-state index in [1.807, 2.05) is 60.7 Å². The Bertz CT molecular complexity index is 1330. The van der Waals surface area contributed by atoms with Gasteiger partial charge in [-0.05, 0) is 38.8 Å². The molecule has 228 valence electrons. The van der Waals surface area contributed by atoms with Crippen molar-refractivity contribution in [2.24, 2.45) is 0 Å². The van der Waals surface area contributed by atoms with Crippen LogP contribution in [0.2, 0.25) is 0 Å². The summed E-state index contributed by atoms with van der Waals surface area (Å²) in [6.07, 6.45) is 0.